The van der Waals surface area contributed by atoms with Gasteiger partial charge in [0.1, 0.15) is 5.75 Å². The van der Waals surface area contributed by atoms with E-state index in [-0.39, 0.29) is 17.9 Å². The molecule has 2 aliphatic rings. The van der Waals surface area contributed by atoms with Gasteiger partial charge in [-0.3, -0.25) is 9.59 Å². The number of methoxy groups -OCH3 is 1. The Labute approximate surface area is 181 Å². The monoisotopic (exact) mass is 412 g/mol. The number of benzene rings is 3. The van der Waals surface area contributed by atoms with Crippen molar-refractivity contribution in [3.63, 3.8) is 0 Å². The lowest BCUT2D eigenvalue weighted by molar-refractivity contribution is -0.124. The van der Waals surface area contributed by atoms with Crippen LogP contribution in [0.2, 0.25) is 0 Å². The Morgan fingerprint density at radius 1 is 1.00 bits per heavy atom. The summed E-state index contributed by atoms with van der Waals surface area (Å²) in [4.78, 5) is 28.8. The summed E-state index contributed by atoms with van der Waals surface area (Å²) in [6.45, 7) is 0.981. The number of nitrogens with zero attached hydrogens (tertiary/aromatic N) is 1. The van der Waals surface area contributed by atoms with Crippen molar-refractivity contribution in [1.82, 2.24) is 10.2 Å². The molecule has 5 heteroatoms. The third kappa shape index (κ3) is 3.26. The lowest BCUT2D eigenvalue weighted by Crippen LogP contribution is -2.50. The second-order valence-corrected chi connectivity index (χ2v) is 7.99. The number of para-hydroxylation sites is 1. The van der Waals surface area contributed by atoms with Crippen molar-refractivity contribution in [1.29, 1.82) is 0 Å². The normalized spacial score (nSPS) is 19.1. The Balaban J connectivity index is 1.54. The van der Waals surface area contributed by atoms with Crippen LogP contribution >= 0.6 is 0 Å². The minimum Gasteiger partial charge on any atom is -0.496 e. The first-order valence-corrected chi connectivity index (χ1v) is 10.6. The van der Waals surface area contributed by atoms with Gasteiger partial charge in [-0.25, -0.2) is 0 Å². The summed E-state index contributed by atoms with van der Waals surface area (Å²) < 4.78 is 5.42. The van der Waals surface area contributed by atoms with E-state index in [0.717, 1.165) is 28.9 Å². The van der Waals surface area contributed by atoms with E-state index in [4.69, 9.17) is 4.74 Å². The topological polar surface area (TPSA) is 58.6 Å². The Bertz CT molecular complexity index is 1160. The summed E-state index contributed by atoms with van der Waals surface area (Å²) in [6.07, 6.45) is 0.802. The van der Waals surface area contributed by atoms with Crippen molar-refractivity contribution in [3.05, 3.63) is 101 Å². The molecule has 0 saturated carbocycles. The van der Waals surface area contributed by atoms with Crippen LogP contribution in [0.25, 0.3) is 0 Å². The average Bonchev–Trinajstić information content (AvgIpc) is 2.83. The zero-order chi connectivity index (χ0) is 21.4. The van der Waals surface area contributed by atoms with Crippen LogP contribution in [0, 0.1) is 0 Å². The first-order valence-electron chi connectivity index (χ1n) is 10.6. The van der Waals surface area contributed by atoms with Gasteiger partial charge in [0.05, 0.1) is 19.1 Å². The third-order valence-electron chi connectivity index (χ3n) is 6.36. The second kappa shape index (κ2) is 7.91. The quantitative estimate of drug-likeness (QED) is 0.708. The van der Waals surface area contributed by atoms with Crippen LogP contribution in [-0.4, -0.2) is 30.4 Å². The molecule has 0 saturated heterocycles. The predicted molar refractivity (Wildman–Crippen MR) is 118 cm³/mol. The molecule has 31 heavy (non-hydrogen) atoms. The Hall–Kier alpha value is -3.60. The van der Waals surface area contributed by atoms with Crippen molar-refractivity contribution in [3.8, 4) is 5.75 Å². The molecule has 3 aromatic rings. The van der Waals surface area contributed by atoms with Crippen LogP contribution in [0.5, 0.6) is 5.75 Å². The van der Waals surface area contributed by atoms with Crippen LogP contribution in [0.4, 0.5) is 0 Å². The van der Waals surface area contributed by atoms with Crippen molar-refractivity contribution in [2.24, 2.45) is 0 Å². The van der Waals surface area contributed by atoms with E-state index in [9.17, 15) is 9.59 Å². The highest BCUT2D eigenvalue weighted by atomic mass is 16.5. The largest absolute Gasteiger partial charge is 0.496 e. The molecule has 0 spiro atoms. The highest BCUT2D eigenvalue weighted by Crippen LogP contribution is 2.45. The number of hydrogen-bond donors (Lipinski definition) is 1. The number of nitrogens with one attached hydrogen (secondary N) is 1. The van der Waals surface area contributed by atoms with Gasteiger partial charge in [0.15, 0.2) is 0 Å². The molecular formula is C26H24N2O3. The van der Waals surface area contributed by atoms with E-state index in [1.165, 1.54) is 5.56 Å². The van der Waals surface area contributed by atoms with Gasteiger partial charge in [0.2, 0.25) is 5.91 Å². The van der Waals surface area contributed by atoms with Crippen LogP contribution in [0.15, 0.2) is 72.8 Å². The van der Waals surface area contributed by atoms with Crippen molar-refractivity contribution in [2.45, 2.75) is 24.9 Å². The Morgan fingerprint density at radius 2 is 1.71 bits per heavy atom. The molecule has 2 aliphatic heterocycles. The molecule has 2 heterocycles. The highest BCUT2D eigenvalue weighted by Gasteiger charge is 2.46. The molecule has 0 fully saturated rings. The summed E-state index contributed by atoms with van der Waals surface area (Å²) >= 11 is 0. The molecule has 5 rings (SSSR count). The van der Waals surface area contributed by atoms with Gasteiger partial charge in [-0.05, 0) is 35.2 Å². The van der Waals surface area contributed by atoms with Gasteiger partial charge in [-0.1, -0.05) is 60.7 Å². The zero-order valence-electron chi connectivity index (χ0n) is 17.4. The molecule has 156 valence electrons. The molecule has 2 atom stereocenters. The van der Waals surface area contributed by atoms with E-state index in [2.05, 4.69) is 11.4 Å². The van der Waals surface area contributed by atoms with E-state index >= 15 is 0 Å². The van der Waals surface area contributed by atoms with Crippen molar-refractivity contribution in [2.75, 3.05) is 13.7 Å². The van der Waals surface area contributed by atoms with Gasteiger partial charge in [-0.2, -0.15) is 0 Å². The minimum absolute atomic E-state index is 0.00359. The number of ether oxygens (including phenoxy) is 1. The molecule has 1 N–H and O–H groups in total. The number of amides is 2. The van der Waals surface area contributed by atoms with E-state index in [1.807, 2.05) is 71.6 Å². The van der Waals surface area contributed by atoms with Crippen molar-refractivity contribution < 1.29 is 14.3 Å². The van der Waals surface area contributed by atoms with Gasteiger partial charge in [-0.15, -0.1) is 0 Å². The zero-order valence-corrected chi connectivity index (χ0v) is 17.4. The highest BCUT2D eigenvalue weighted by molar-refractivity contribution is 6.01. The first-order chi connectivity index (χ1) is 15.2. The predicted octanol–water partition coefficient (Wildman–Crippen LogP) is 3.85. The van der Waals surface area contributed by atoms with Crippen LogP contribution in [0.3, 0.4) is 0 Å². The number of rotatable bonds is 4. The number of carbonyl (C=O) groups is 2. The third-order valence-corrected chi connectivity index (χ3v) is 6.36. The molecule has 3 aromatic carbocycles. The minimum atomic E-state index is -0.468. The van der Waals surface area contributed by atoms with E-state index < -0.39 is 5.92 Å². The molecule has 2 amide bonds. The van der Waals surface area contributed by atoms with Gasteiger partial charge < -0.3 is 15.0 Å². The Morgan fingerprint density at radius 3 is 2.55 bits per heavy atom. The summed E-state index contributed by atoms with van der Waals surface area (Å²) in [5.74, 6) is 0.193. The van der Waals surface area contributed by atoms with Gasteiger partial charge in [0, 0.05) is 24.2 Å². The maximum atomic E-state index is 13.6. The Kier molecular flexibility index (Phi) is 4.94. The maximum absolute atomic E-state index is 13.6. The summed E-state index contributed by atoms with van der Waals surface area (Å²) in [5.41, 5.74) is 4.60. The average molecular weight is 412 g/mol. The summed E-state index contributed by atoms with van der Waals surface area (Å²) in [7, 11) is 1.63. The molecule has 0 radical (unpaired) electrons. The molecule has 5 nitrogen and oxygen atoms in total. The lowest BCUT2D eigenvalue weighted by Gasteiger charge is -2.45. The molecule has 0 aromatic heterocycles. The van der Waals surface area contributed by atoms with Gasteiger partial charge >= 0.3 is 0 Å². The fourth-order valence-corrected chi connectivity index (χ4v) is 4.90. The fourth-order valence-electron chi connectivity index (χ4n) is 4.90. The van der Waals surface area contributed by atoms with E-state index in [0.29, 0.717) is 18.7 Å². The summed E-state index contributed by atoms with van der Waals surface area (Å²) in [5, 5.41) is 3.11. The fraction of sp³-hybridized carbons (Fsp3) is 0.231. The SMILES string of the molecule is COc1ccccc1CNC(=O)[C@H]1c2ccccc2C(=O)N2CCc3ccccc3[C@H]12. The molecule has 0 bridgehead atoms. The first kappa shape index (κ1) is 19.4. The van der Waals surface area contributed by atoms with Crippen LogP contribution < -0.4 is 10.1 Å². The van der Waals surface area contributed by atoms with Gasteiger partial charge in [0.25, 0.3) is 5.91 Å². The van der Waals surface area contributed by atoms with Crippen LogP contribution in [0.1, 0.15) is 44.6 Å². The smallest absolute Gasteiger partial charge is 0.254 e. The molecule has 0 unspecified atom stereocenters. The summed E-state index contributed by atoms with van der Waals surface area (Å²) in [6, 6.07) is 23.0. The van der Waals surface area contributed by atoms with Crippen molar-refractivity contribution >= 4 is 11.8 Å². The standard InChI is InChI=1S/C26H24N2O3/c1-31-22-13-7-3-9-18(22)16-27-25(29)23-20-11-5-6-12-21(20)26(30)28-15-14-17-8-2-4-10-19(17)24(23)28/h2-13,23-24H,14-16H2,1H3,(H,27,29)/t23-,24+/m0/s1. The lowest BCUT2D eigenvalue weighted by atomic mass is 9.76. The molecule has 0 aliphatic carbocycles. The number of fused-ring (bicyclic) bond motifs is 4. The van der Waals surface area contributed by atoms with E-state index in [1.54, 1.807) is 7.11 Å². The number of carbonyl (C=O) groups excluding carboxylic acids is 2. The van der Waals surface area contributed by atoms with Crippen LogP contribution in [-0.2, 0) is 17.8 Å². The maximum Gasteiger partial charge on any atom is 0.254 e. The molecular weight excluding hydrogens is 388 g/mol. The second-order valence-electron chi connectivity index (χ2n) is 7.99. The number of hydrogen-bond acceptors (Lipinski definition) is 3.